The van der Waals surface area contributed by atoms with Gasteiger partial charge in [-0.05, 0) is 52.4 Å². The van der Waals surface area contributed by atoms with E-state index in [1.54, 1.807) is 41.5 Å². The fourth-order valence-corrected chi connectivity index (χ4v) is 5.91. The van der Waals surface area contributed by atoms with E-state index in [1.807, 2.05) is 0 Å². The van der Waals surface area contributed by atoms with Crippen molar-refractivity contribution in [3.8, 4) is 0 Å². The van der Waals surface area contributed by atoms with Crippen LogP contribution >= 0.6 is 0 Å². The topological polar surface area (TPSA) is 229 Å². The lowest BCUT2D eigenvalue weighted by Gasteiger charge is -2.43. The van der Waals surface area contributed by atoms with E-state index in [-0.39, 0.29) is 38.5 Å². The van der Waals surface area contributed by atoms with E-state index in [4.69, 9.17) is 47.4 Å². The summed E-state index contributed by atoms with van der Waals surface area (Å²) in [6.45, 7) is 13.5. The summed E-state index contributed by atoms with van der Waals surface area (Å²) in [6, 6.07) is 0. The zero-order valence-corrected chi connectivity index (χ0v) is 34.8. The molecule has 0 saturated carbocycles. The van der Waals surface area contributed by atoms with Gasteiger partial charge in [0, 0.05) is 50.7 Å². The largest absolute Gasteiger partial charge is 0.455 e. The second kappa shape index (κ2) is 25.7. The number of rotatable bonds is 22. The average molecular weight is 829 g/mol. The minimum absolute atomic E-state index is 0.0129. The molecule has 0 unspecified atom stereocenters. The van der Waals surface area contributed by atoms with E-state index in [9.17, 15) is 38.4 Å². The summed E-state index contributed by atoms with van der Waals surface area (Å²) in [5, 5.41) is 0. The van der Waals surface area contributed by atoms with Gasteiger partial charge in [-0.25, -0.2) is 9.59 Å². The van der Waals surface area contributed by atoms with E-state index >= 15 is 0 Å². The van der Waals surface area contributed by atoms with Crippen LogP contribution in [0.1, 0.15) is 132 Å². The molecule has 328 valence electrons. The van der Waals surface area contributed by atoms with E-state index in [1.165, 1.54) is 13.8 Å². The van der Waals surface area contributed by atoms with Gasteiger partial charge in [0.25, 0.3) is 0 Å². The first-order valence-corrected chi connectivity index (χ1v) is 20.2. The predicted molar refractivity (Wildman–Crippen MR) is 199 cm³/mol. The summed E-state index contributed by atoms with van der Waals surface area (Å²) in [4.78, 5) is 102. The average Bonchev–Trinajstić information content (AvgIpc) is 3.14. The van der Waals surface area contributed by atoms with Gasteiger partial charge in [0.15, 0.2) is 24.4 Å². The summed E-state index contributed by atoms with van der Waals surface area (Å²) in [6.07, 6.45) is -10.1. The highest BCUT2D eigenvalue weighted by Crippen LogP contribution is 2.32. The van der Waals surface area contributed by atoms with Gasteiger partial charge < -0.3 is 47.4 Å². The normalized spacial score (nSPS) is 26.8. The predicted octanol–water partition coefficient (Wildman–Crippen LogP) is 4.39. The molecule has 2 aliphatic heterocycles. The van der Waals surface area contributed by atoms with Crippen LogP contribution in [0.4, 0.5) is 0 Å². The van der Waals surface area contributed by atoms with Crippen LogP contribution in [0.15, 0.2) is 12.2 Å². The van der Waals surface area contributed by atoms with Gasteiger partial charge in [0.2, 0.25) is 24.8 Å². The molecule has 2 aliphatic rings. The number of ether oxygens (including phenoxy) is 10. The van der Waals surface area contributed by atoms with Gasteiger partial charge in [-0.15, -0.1) is 0 Å². The molecule has 0 spiro atoms. The van der Waals surface area contributed by atoms with E-state index in [0.29, 0.717) is 50.7 Å². The van der Waals surface area contributed by atoms with Crippen molar-refractivity contribution in [2.75, 3.05) is 0 Å². The third kappa shape index (κ3) is 16.0. The van der Waals surface area contributed by atoms with Gasteiger partial charge in [-0.2, -0.15) is 0 Å². The smallest absolute Gasteiger partial charge is 0.333 e. The molecule has 0 radical (unpaired) electrons. The second-order valence-corrected chi connectivity index (χ2v) is 13.9. The maximum absolute atomic E-state index is 13.2. The van der Waals surface area contributed by atoms with Crippen molar-refractivity contribution < 1.29 is 85.7 Å². The van der Waals surface area contributed by atoms with Crippen molar-refractivity contribution in [2.45, 2.75) is 194 Å². The molecule has 0 aliphatic carbocycles. The zero-order chi connectivity index (χ0) is 43.4. The first-order valence-electron chi connectivity index (χ1n) is 20.2. The third-order valence-corrected chi connectivity index (χ3v) is 8.60. The van der Waals surface area contributed by atoms with E-state index in [0.717, 1.165) is 0 Å². The van der Waals surface area contributed by atoms with E-state index < -0.39 is 109 Å². The van der Waals surface area contributed by atoms with Crippen molar-refractivity contribution >= 4 is 47.8 Å². The lowest BCUT2D eigenvalue weighted by molar-refractivity contribution is -0.293. The Bertz CT molecular complexity index is 1320. The molecule has 2 heterocycles. The Morgan fingerprint density at radius 1 is 0.362 bits per heavy atom. The van der Waals surface area contributed by atoms with Crippen molar-refractivity contribution in [2.24, 2.45) is 0 Å². The van der Waals surface area contributed by atoms with Crippen LogP contribution in [0, 0.1) is 0 Å². The van der Waals surface area contributed by atoms with Gasteiger partial charge in [0.1, 0.15) is 0 Å². The van der Waals surface area contributed by atoms with Crippen LogP contribution < -0.4 is 0 Å². The first kappa shape index (κ1) is 49.6. The molecule has 0 N–H and O–H groups in total. The molecule has 0 aromatic heterocycles. The molecule has 2 saturated heterocycles. The molecule has 58 heavy (non-hydrogen) atoms. The van der Waals surface area contributed by atoms with E-state index in [2.05, 4.69) is 0 Å². The molecule has 2 rings (SSSR count). The Morgan fingerprint density at radius 3 is 0.828 bits per heavy atom. The summed E-state index contributed by atoms with van der Waals surface area (Å²) in [5.41, 5.74) is 0. The highest BCUT2D eigenvalue weighted by Gasteiger charge is 2.54. The van der Waals surface area contributed by atoms with Crippen molar-refractivity contribution in [3.05, 3.63) is 12.2 Å². The Kier molecular flexibility index (Phi) is 22.0. The van der Waals surface area contributed by atoms with Gasteiger partial charge in [-0.3, -0.25) is 28.8 Å². The number of hydrogen-bond acceptors (Lipinski definition) is 18. The van der Waals surface area contributed by atoms with Crippen molar-refractivity contribution in [1.82, 2.24) is 0 Å². The van der Waals surface area contributed by atoms with Gasteiger partial charge >= 0.3 is 47.8 Å². The van der Waals surface area contributed by atoms with Crippen LogP contribution in [-0.4, -0.2) is 109 Å². The minimum Gasteiger partial charge on any atom is -0.455 e. The molecule has 0 aromatic rings. The Morgan fingerprint density at radius 2 is 0.586 bits per heavy atom. The molecule has 10 atom stereocenters. The van der Waals surface area contributed by atoms with Crippen molar-refractivity contribution in [1.29, 1.82) is 0 Å². The lowest BCUT2D eigenvalue weighted by Crippen LogP contribution is -2.61. The zero-order valence-electron chi connectivity index (χ0n) is 34.8. The molecule has 0 bridgehead atoms. The fourth-order valence-electron chi connectivity index (χ4n) is 5.91. The number of esters is 8. The monoisotopic (exact) mass is 828 g/mol. The van der Waals surface area contributed by atoms with Crippen LogP contribution in [0.3, 0.4) is 0 Å². The highest BCUT2D eigenvalue weighted by molar-refractivity contribution is 5.91. The lowest BCUT2D eigenvalue weighted by atomic mass is 9.98. The molecule has 18 heteroatoms. The molecule has 0 amide bonds. The summed E-state index contributed by atoms with van der Waals surface area (Å²) >= 11 is 0. The third-order valence-electron chi connectivity index (χ3n) is 8.60. The number of hydrogen-bond donors (Lipinski definition) is 0. The Labute approximate surface area is 339 Å². The minimum atomic E-state index is -1.69. The Balaban J connectivity index is 2.39. The molecule has 2 fully saturated rings. The highest BCUT2D eigenvalue weighted by atomic mass is 16.8. The number of carbonyl (C=O) groups is 8. The maximum atomic E-state index is 13.2. The SMILES string of the molecule is CCCC(=O)O[C@@H]1[C@@H](OC(=O)CCC)[C@H](C)O[C@@H](OC(=O)/C=C/C(=O)O[C@@H]2O[C@@H](C)[C@H](OC(=O)CCC)[C@@H](OC(=O)CCC)[C@H]2OC(=O)CCC)[C@@H]1OC(=O)CCC. The fraction of sp³-hybridized carbons (Fsp3) is 0.750. The van der Waals surface area contributed by atoms with Crippen LogP contribution in [0.5, 0.6) is 0 Å². The molecule has 0 aromatic carbocycles. The quantitative estimate of drug-likeness (QED) is 0.0837. The summed E-state index contributed by atoms with van der Waals surface area (Å²) in [7, 11) is 0. The molecular weight excluding hydrogens is 768 g/mol. The summed E-state index contributed by atoms with van der Waals surface area (Å²) < 4.78 is 56.4. The molecule has 18 nitrogen and oxygen atoms in total. The second-order valence-electron chi connectivity index (χ2n) is 13.9. The van der Waals surface area contributed by atoms with Crippen LogP contribution in [0.2, 0.25) is 0 Å². The maximum Gasteiger partial charge on any atom is 0.333 e. The standard InChI is InChI=1S/C40H60O18/c1-9-15-25(41)51-33-23(7)49-39(37(55-29(45)19-13-5)35(33)53-27(43)17-11-3)57-31(47)21-22-32(48)58-40-38(56-30(46)20-14-6)36(54-28(44)18-12-4)34(24(8)50-40)52-26(42)16-10-2/h21-24,33-40H,9-20H2,1-8H3/b22-21+/t23-,24-,33-,34-,35+,36+,37+,38+,39-,40-/m0/s1. The summed E-state index contributed by atoms with van der Waals surface area (Å²) in [5.74, 6) is -6.47. The molecular formula is C40H60O18. The van der Waals surface area contributed by atoms with Crippen LogP contribution in [0.25, 0.3) is 0 Å². The van der Waals surface area contributed by atoms with Crippen LogP contribution in [-0.2, 0) is 85.7 Å². The van der Waals surface area contributed by atoms with Crippen molar-refractivity contribution in [3.63, 3.8) is 0 Å². The van der Waals surface area contributed by atoms with Gasteiger partial charge in [0.05, 0.1) is 12.2 Å². The first-order chi connectivity index (χ1) is 27.6. The Hall–Kier alpha value is -4.58. The van der Waals surface area contributed by atoms with Gasteiger partial charge in [-0.1, -0.05) is 41.5 Å². The number of carbonyl (C=O) groups excluding carboxylic acids is 8.